The number of ether oxygens (including phenoxy) is 1. The van der Waals surface area contributed by atoms with Crippen molar-refractivity contribution in [2.75, 3.05) is 6.61 Å². The summed E-state index contributed by atoms with van der Waals surface area (Å²) < 4.78 is 4.64. The summed E-state index contributed by atoms with van der Waals surface area (Å²) in [6.45, 7) is 1.02. The Labute approximate surface area is 78.5 Å². The van der Waals surface area contributed by atoms with E-state index in [0.29, 0.717) is 19.0 Å². The number of aldehydes is 1. The first-order chi connectivity index (χ1) is 6.36. The second kappa shape index (κ2) is 5.73. The van der Waals surface area contributed by atoms with Crippen molar-refractivity contribution in [1.82, 2.24) is 0 Å². The van der Waals surface area contributed by atoms with Crippen LogP contribution in [-0.2, 0) is 14.3 Å². The Morgan fingerprint density at radius 3 is 2.38 bits per heavy atom. The van der Waals surface area contributed by atoms with Crippen molar-refractivity contribution in [2.45, 2.75) is 32.1 Å². The van der Waals surface area contributed by atoms with Crippen molar-refractivity contribution >= 4 is 12.8 Å². The Morgan fingerprint density at radius 1 is 1.15 bits per heavy atom. The van der Waals surface area contributed by atoms with Gasteiger partial charge in [-0.15, -0.1) is 0 Å². The zero-order valence-corrected chi connectivity index (χ0v) is 7.78. The molecule has 0 N–H and O–H groups in total. The maximum atomic E-state index is 10.5. The van der Waals surface area contributed by atoms with E-state index in [-0.39, 0.29) is 5.92 Å². The van der Waals surface area contributed by atoms with Crippen LogP contribution in [0.2, 0.25) is 0 Å². The standard InChI is InChI=1S/C10H16O3/c11-7-10-3-1-9(2-4-10)5-6-13-8-12/h7-10H,1-6H2. The highest BCUT2D eigenvalue weighted by Crippen LogP contribution is 2.29. The molecule has 0 unspecified atom stereocenters. The maximum Gasteiger partial charge on any atom is 0.293 e. The van der Waals surface area contributed by atoms with Gasteiger partial charge in [0, 0.05) is 5.92 Å². The van der Waals surface area contributed by atoms with Gasteiger partial charge >= 0.3 is 0 Å². The van der Waals surface area contributed by atoms with E-state index in [0.717, 1.165) is 38.4 Å². The van der Waals surface area contributed by atoms with Gasteiger partial charge in [0.25, 0.3) is 6.47 Å². The minimum Gasteiger partial charge on any atom is -0.468 e. The molecule has 0 aromatic heterocycles. The van der Waals surface area contributed by atoms with Gasteiger partial charge in [-0.05, 0) is 38.0 Å². The molecular weight excluding hydrogens is 168 g/mol. The molecule has 0 spiro atoms. The smallest absolute Gasteiger partial charge is 0.293 e. The number of hydrogen-bond donors (Lipinski definition) is 0. The molecule has 0 amide bonds. The molecule has 74 valence electrons. The zero-order chi connectivity index (χ0) is 9.52. The molecule has 0 radical (unpaired) electrons. The van der Waals surface area contributed by atoms with Gasteiger partial charge in [-0.2, -0.15) is 0 Å². The predicted molar refractivity (Wildman–Crippen MR) is 48.1 cm³/mol. The van der Waals surface area contributed by atoms with E-state index in [1.54, 1.807) is 0 Å². The quantitative estimate of drug-likeness (QED) is 0.481. The normalized spacial score (nSPS) is 28.0. The molecule has 3 heteroatoms. The fourth-order valence-electron chi connectivity index (χ4n) is 1.90. The van der Waals surface area contributed by atoms with Crippen molar-refractivity contribution in [2.24, 2.45) is 11.8 Å². The summed E-state index contributed by atoms with van der Waals surface area (Å²) in [4.78, 5) is 20.3. The zero-order valence-electron chi connectivity index (χ0n) is 7.78. The maximum absolute atomic E-state index is 10.5. The topological polar surface area (TPSA) is 43.4 Å². The Bertz CT molecular complexity index is 157. The van der Waals surface area contributed by atoms with Gasteiger partial charge < -0.3 is 9.53 Å². The predicted octanol–water partition coefficient (Wildman–Crippen LogP) is 1.55. The molecule has 0 saturated heterocycles. The third-order valence-corrected chi connectivity index (χ3v) is 2.80. The van der Waals surface area contributed by atoms with E-state index in [9.17, 15) is 9.59 Å². The third kappa shape index (κ3) is 3.57. The molecule has 0 aromatic rings. The Morgan fingerprint density at radius 2 is 1.85 bits per heavy atom. The van der Waals surface area contributed by atoms with E-state index in [4.69, 9.17) is 0 Å². The summed E-state index contributed by atoms with van der Waals surface area (Å²) in [6, 6.07) is 0. The molecule has 0 aromatic carbocycles. The van der Waals surface area contributed by atoms with E-state index in [2.05, 4.69) is 4.74 Å². The lowest BCUT2D eigenvalue weighted by Crippen LogP contribution is -2.16. The van der Waals surface area contributed by atoms with Gasteiger partial charge in [-0.1, -0.05) is 0 Å². The van der Waals surface area contributed by atoms with Crippen LogP contribution in [0.1, 0.15) is 32.1 Å². The first kappa shape index (κ1) is 10.2. The molecule has 1 rings (SSSR count). The van der Waals surface area contributed by atoms with Crippen LogP contribution >= 0.6 is 0 Å². The van der Waals surface area contributed by atoms with Crippen LogP contribution in [0.3, 0.4) is 0 Å². The lowest BCUT2D eigenvalue weighted by atomic mass is 9.81. The van der Waals surface area contributed by atoms with Crippen molar-refractivity contribution in [3.63, 3.8) is 0 Å². The Kier molecular flexibility index (Phi) is 4.50. The molecule has 0 heterocycles. The molecule has 0 atom stereocenters. The fourth-order valence-corrected chi connectivity index (χ4v) is 1.90. The molecule has 1 aliphatic rings. The van der Waals surface area contributed by atoms with E-state index >= 15 is 0 Å². The summed E-state index contributed by atoms with van der Waals surface area (Å²) in [6.07, 6.45) is 6.24. The van der Waals surface area contributed by atoms with Gasteiger partial charge in [0.2, 0.25) is 0 Å². The van der Waals surface area contributed by atoms with Crippen LogP contribution in [-0.4, -0.2) is 19.4 Å². The number of carbonyl (C=O) groups is 2. The SMILES string of the molecule is O=COCCC1CCC(C=O)CC1. The lowest BCUT2D eigenvalue weighted by Gasteiger charge is -2.24. The Balaban J connectivity index is 2.10. The highest BCUT2D eigenvalue weighted by atomic mass is 16.5. The first-order valence-electron chi connectivity index (χ1n) is 4.87. The number of carbonyl (C=O) groups excluding carboxylic acids is 2. The average molecular weight is 184 g/mol. The molecule has 13 heavy (non-hydrogen) atoms. The largest absolute Gasteiger partial charge is 0.468 e. The van der Waals surface area contributed by atoms with Crippen LogP contribution in [0.15, 0.2) is 0 Å². The monoisotopic (exact) mass is 184 g/mol. The van der Waals surface area contributed by atoms with Gasteiger partial charge in [-0.3, -0.25) is 4.79 Å². The van der Waals surface area contributed by atoms with Gasteiger partial charge in [0.15, 0.2) is 0 Å². The summed E-state index contributed by atoms with van der Waals surface area (Å²) in [5.74, 6) is 0.930. The van der Waals surface area contributed by atoms with Crippen LogP contribution in [0, 0.1) is 11.8 Å². The van der Waals surface area contributed by atoms with E-state index in [1.807, 2.05) is 0 Å². The summed E-state index contributed by atoms with van der Waals surface area (Å²) in [5.41, 5.74) is 0. The second-order valence-corrected chi connectivity index (χ2v) is 3.67. The minimum atomic E-state index is 0.281. The molecule has 0 bridgehead atoms. The minimum absolute atomic E-state index is 0.281. The molecule has 3 nitrogen and oxygen atoms in total. The second-order valence-electron chi connectivity index (χ2n) is 3.67. The number of rotatable bonds is 5. The average Bonchev–Trinajstić information content (AvgIpc) is 2.19. The van der Waals surface area contributed by atoms with Crippen molar-refractivity contribution in [1.29, 1.82) is 0 Å². The van der Waals surface area contributed by atoms with Crippen LogP contribution in [0.5, 0.6) is 0 Å². The fraction of sp³-hybridized carbons (Fsp3) is 0.800. The number of hydrogen-bond acceptors (Lipinski definition) is 3. The van der Waals surface area contributed by atoms with Crippen molar-refractivity contribution in [3.8, 4) is 0 Å². The third-order valence-electron chi connectivity index (χ3n) is 2.80. The molecule has 1 fully saturated rings. The molecule has 0 aliphatic heterocycles. The van der Waals surface area contributed by atoms with Crippen LogP contribution < -0.4 is 0 Å². The molecule has 1 aliphatic carbocycles. The summed E-state index contributed by atoms with van der Waals surface area (Å²) >= 11 is 0. The lowest BCUT2D eigenvalue weighted by molar-refractivity contribution is -0.129. The summed E-state index contributed by atoms with van der Waals surface area (Å²) in [7, 11) is 0. The van der Waals surface area contributed by atoms with Crippen LogP contribution in [0.25, 0.3) is 0 Å². The summed E-state index contributed by atoms with van der Waals surface area (Å²) in [5, 5.41) is 0. The van der Waals surface area contributed by atoms with Crippen molar-refractivity contribution in [3.05, 3.63) is 0 Å². The molecular formula is C10H16O3. The van der Waals surface area contributed by atoms with E-state index < -0.39 is 0 Å². The highest BCUT2D eigenvalue weighted by Gasteiger charge is 2.20. The van der Waals surface area contributed by atoms with Gasteiger partial charge in [-0.25, -0.2) is 0 Å². The van der Waals surface area contributed by atoms with Crippen molar-refractivity contribution < 1.29 is 14.3 Å². The molecule has 1 saturated carbocycles. The van der Waals surface area contributed by atoms with Gasteiger partial charge in [0.1, 0.15) is 6.29 Å². The van der Waals surface area contributed by atoms with Crippen LogP contribution in [0.4, 0.5) is 0 Å². The van der Waals surface area contributed by atoms with Gasteiger partial charge in [0.05, 0.1) is 6.61 Å². The highest BCUT2D eigenvalue weighted by molar-refractivity contribution is 5.53. The first-order valence-corrected chi connectivity index (χ1v) is 4.87. The Hall–Kier alpha value is -0.860. The van der Waals surface area contributed by atoms with E-state index in [1.165, 1.54) is 0 Å².